The highest BCUT2D eigenvalue weighted by atomic mass is 15.3. The van der Waals surface area contributed by atoms with Crippen LogP contribution in [-0.2, 0) is 6.54 Å². The second-order valence-corrected chi connectivity index (χ2v) is 7.55. The van der Waals surface area contributed by atoms with Gasteiger partial charge in [0.05, 0.1) is 5.69 Å². The van der Waals surface area contributed by atoms with E-state index in [0.717, 1.165) is 25.3 Å². The number of aromatic nitrogens is 4. The maximum atomic E-state index is 4.48. The van der Waals surface area contributed by atoms with Crippen molar-refractivity contribution in [2.24, 2.45) is 0 Å². The van der Waals surface area contributed by atoms with E-state index in [-0.39, 0.29) is 0 Å². The first-order valence-corrected chi connectivity index (χ1v) is 9.63. The molecule has 1 unspecified atom stereocenters. The number of benzene rings is 2. The molecule has 0 aliphatic carbocycles. The average molecular weight is 357 g/mol. The molecule has 1 aliphatic heterocycles. The number of rotatable bonds is 3. The smallest absolute Gasteiger partial charge is 0.252 e. The fourth-order valence-corrected chi connectivity index (χ4v) is 4.29. The van der Waals surface area contributed by atoms with Gasteiger partial charge in [-0.1, -0.05) is 36.4 Å². The van der Waals surface area contributed by atoms with E-state index in [0.29, 0.717) is 11.7 Å². The average Bonchev–Trinajstić information content (AvgIpc) is 3.16. The number of hydrogen-bond acceptors (Lipinski definition) is 4. The second-order valence-electron chi connectivity index (χ2n) is 7.55. The van der Waals surface area contributed by atoms with Gasteiger partial charge < -0.3 is 0 Å². The molecule has 1 aliphatic rings. The number of nitrogens with zero attached hydrogens (tertiary/aromatic N) is 5. The second kappa shape index (κ2) is 6.74. The molecular weight excluding hydrogens is 334 g/mol. The van der Waals surface area contributed by atoms with Crippen molar-refractivity contribution in [1.29, 1.82) is 0 Å². The van der Waals surface area contributed by atoms with Crippen LogP contribution < -0.4 is 0 Å². The summed E-state index contributed by atoms with van der Waals surface area (Å²) in [7, 11) is 0. The van der Waals surface area contributed by atoms with E-state index in [1.807, 2.05) is 11.4 Å². The molecule has 0 saturated carbocycles. The first kappa shape index (κ1) is 16.4. The molecule has 5 nitrogen and oxygen atoms in total. The minimum Gasteiger partial charge on any atom is -0.298 e. The van der Waals surface area contributed by atoms with Gasteiger partial charge in [-0.05, 0) is 54.8 Å². The lowest BCUT2D eigenvalue weighted by Crippen LogP contribution is -2.34. The van der Waals surface area contributed by atoms with Gasteiger partial charge in [0.1, 0.15) is 6.33 Å². The van der Waals surface area contributed by atoms with Crippen molar-refractivity contribution < 1.29 is 0 Å². The summed E-state index contributed by atoms with van der Waals surface area (Å²) in [5, 5.41) is 7.02. The first-order chi connectivity index (χ1) is 13.3. The van der Waals surface area contributed by atoms with Crippen LogP contribution in [0.4, 0.5) is 0 Å². The monoisotopic (exact) mass is 357 g/mol. The Morgan fingerprint density at radius 3 is 2.89 bits per heavy atom. The van der Waals surface area contributed by atoms with E-state index in [2.05, 4.69) is 68.5 Å². The summed E-state index contributed by atoms with van der Waals surface area (Å²) >= 11 is 0. The Morgan fingerprint density at radius 2 is 1.96 bits per heavy atom. The van der Waals surface area contributed by atoms with Crippen LogP contribution in [-0.4, -0.2) is 37.6 Å². The Morgan fingerprint density at radius 1 is 1.07 bits per heavy atom. The lowest BCUT2D eigenvalue weighted by Gasteiger charge is -2.33. The molecule has 3 heterocycles. The van der Waals surface area contributed by atoms with Crippen molar-refractivity contribution >= 4 is 16.6 Å². The summed E-state index contributed by atoms with van der Waals surface area (Å²) in [5.74, 6) is 1.17. The Kier molecular flexibility index (Phi) is 4.09. The van der Waals surface area contributed by atoms with Gasteiger partial charge in [0.15, 0.2) is 0 Å². The fourth-order valence-electron chi connectivity index (χ4n) is 4.29. The molecular formula is C22H23N5. The summed E-state index contributed by atoms with van der Waals surface area (Å²) in [6.45, 7) is 5.22. The molecule has 1 fully saturated rings. The van der Waals surface area contributed by atoms with Crippen LogP contribution in [0.25, 0.3) is 16.6 Å². The van der Waals surface area contributed by atoms with E-state index >= 15 is 0 Å². The Balaban J connectivity index is 1.39. The number of likely N-dealkylation sites (tertiary alicyclic amines) is 1. The normalized spacial score (nSPS) is 18.3. The molecule has 0 radical (unpaired) electrons. The van der Waals surface area contributed by atoms with E-state index in [9.17, 15) is 0 Å². The summed E-state index contributed by atoms with van der Waals surface area (Å²) < 4.78 is 1.91. The van der Waals surface area contributed by atoms with Crippen LogP contribution >= 0.6 is 0 Å². The van der Waals surface area contributed by atoms with Crippen molar-refractivity contribution in [3.63, 3.8) is 0 Å². The molecule has 5 heteroatoms. The van der Waals surface area contributed by atoms with Gasteiger partial charge in [0.25, 0.3) is 5.78 Å². The van der Waals surface area contributed by atoms with Crippen molar-refractivity contribution in [3.8, 4) is 0 Å². The van der Waals surface area contributed by atoms with Crippen LogP contribution in [0.5, 0.6) is 0 Å². The van der Waals surface area contributed by atoms with Crippen molar-refractivity contribution in [2.75, 3.05) is 13.1 Å². The summed E-state index contributed by atoms with van der Waals surface area (Å²) in [4.78, 5) is 11.3. The van der Waals surface area contributed by atoms with Crippen molar-refractivity contribution in [2.45, 2.75) is 32.2 Å². The van der Waals surface area contributed by atoms with Crippen LogP contribution in [0.15, 0.2) is 54.9 Å². The Bertz CT molecular complexity index is 1100. The third kappa shape index (κ3) is 3.19. The number of fused-ring (bicyclic) bond motifs is 2. The lowest BCUT2D eigenvalue weighted by atomic mass is 9.93. The highest BCUT2D eigenvalue weighted by Crippen LogP contribution is 2.28. The molecule has 4 aromatic rings. The van der Waals surface area contributed by atoms with Crippen LogP contribution in [0.1, 0.15) is 35.7 Å². The molecule has 5 rings (SSSR count). The minimum atomic E-state index is 0.463. The molecule has 0 spiro atoms. The maximum absolute atomic E-state index is 4.48. The summed E-state index contributed by atoms with van der Waals surface area (Å²) in [5.41, 5.74) is 3.63. The minimum absolute atomic E-state index is 0.463. The Labute approximate surface area is 158 Å². The molecule has 2 aromatic carbocycles. The standard InChI is InChI=1S/C22H23N5/c1-16-11-21(27-22(25-16)23-15-24-27)20-7-4-10-26(14-20)13-17-8-9-18-5-2-3-6-19(18)12-17/h2-3,5-6,8-9,11-12,15,20H,4,7,10,13-14H2,1H3. The third-order valence-corrected chi connectivity index (χ3v) is 5.55. The lowest BCUT2D eigenvalue weighted by molar-refractivity contribution is 0.197. The maximum Gasteiger partial charge on any atom is 0.252 e. The number of hydrogen-bond donors (Lipinski definition) is 0. The van der Waals surface area contributed by atoms with E-state index in [1.165, 1.54) is 34.9 Å². The van der Waals surface area contributed by atoms with Gasteiger partial charge in [-0.15, -0.1) is 0 Å². The van der Waals surface area contributed by atoms with Gasteiger partial charge in [-0.3, -0.25) is 4.90 Å². The molecule has 0 N–H and O–H groups in total. The van der Waals surface area contributed by atoms with E-state index in [1.54, 1.807) is 6.33 Å². The molecule has 0 amide bonds. The van der Waals surface area contributed by atoms with Gasteiger partial charge in [0, 0.05) is 24.7 Å². The molecule has 1 saturated heterocycles. The topological polar surface area (TPSA) is 46.3 Å². The van der Waals surface area contributed by atoms with Crippen molar-refractivity contribution in [3.05, 3.63) is 71.8 Å². The zero-order chi connectivity index (χ0) is 18.2. The highest BCUT2D eigenvalue weighted by molar-refractivity contribution is 5.82. The van der Waals surface area contributed by atoms with E-state index in [4.69, 9.17) is 0 Å². The van der Waals surface area contributed by atoms with Crippen LogP contribution in [0.2, 0.25) is 0 Å². The van der Waals surface area contributed by atoms with Gasteiger partial charge in [-0.25, -0.2) is 9.50 Å². The zero-order valence-electron chi connectivity index (χ0n) is 15.5. The zero-order valence-corrected chi connectivity index (χ0v) is 15.5. The van der Waals surface area contributed by atoms with Crippen LogP contribution in [0, 0.1) is 6.92 Å². The quantitative estimate of drug-likeness (QED) is 0.557. The highest BCUT2D eigenvalue weighted by Gasteiger charge is 2.24. The van der Waals surface area contributed by atoms with Crippen molar-refractivity contribution in [1.82, 2.24) is 24.5 Å². The van der Waals surface area contributed by atoms with Crippen LogP contribution in [0.3, 0.4) is 0 Å². The molecule has 136 valence electrons. The summed E-state index contributed by atoms with van der Waals surface area (Å²) in [6, 6.07) is 17.6. The molecule has 0 bridgehead atoms. The molecule has 1 atom stereocenters. The van der Waals surface area contributed by atoms with Gasteiger partial charge in [0.2, 0.25) is 0 Å². The largest absolute Gasteiger partial charge is 0.298 e. The number of piperidine rings is 1. The Hall–Kier alpha value is -2.79. The van der Waals surface area contributed by atoms with Gasteiger partial charge >= 0.3 is 0 Å². The van der Waals surface area contributed by atoms with E-state index < -0.39 is 0 Å². The predicted octanol–water partition coefficient (Wildman–Crippen LogP) is 3.97. The molecule has 2 aromatic heterocycles. The first-order valence-electron chi connectivity index (χ1n) is 9.63. The SMILES string of the molecule is Cc1cc(C2CCCN(Cc3ccc4ccccc4c3)C2)n2ncnc2n1. The fraction of sp³-hybridized carbons (Fsp3) is 0.318. The van der Waals surface area contributed by atoms with Gasteiger partial charge in [-0.2, -0.15) is 10.1 Å². The third-order valence-electron chi connectivity index (χ3n) is 5.55. The predicted molar refractivity (Wildman–Crippen MR) is 107 cm³/mol. The molecule has 27 heavy (non-hydrogen) atoms. The number of aryl methyl sites for hydroxylation is 1. The summed E-state index contributed by atoms with van der Waals surface area (Å²) in [6.07, 6.45) is 3.99.